The molecular formula is C18H24Cl2N6O. The van der Waals surface area contributed by atoms with E-state index in [0.717, 1.165) is 49.8 Å². The quantitative estimate of drug-likeness (QED) is 0.808. The maximum absolute atomic E-state index is 10.2. The molecule has 2 aliphatic heterocycles. The van der Waals surface area contributed by atoms with Crippen molar-refractivity contribution in [1.82, 2.24) is 19.9 Å². The summed E-state index contributed by atoms with van der Waals surface area (Å²) in [7, 11) is 0. The van der Waals surface area contributed by atoms with Crippen LogP contribution in [-0.2, 0) is 0 Å². The molecule has 0 radical (unpaired) electrons. The Hall–Kier alpha value is -2.09. The zero-order valence-electron chi connectivity index (χ0n) is 15.1. The maximum atomic E-state index is 10.2. The molecule has 27 heavy (non-hydrogen) atoms. The van der Waals surface area contributed by atoms with Gasteiger partial charge in [0, 0.05) is 49.7 Å². The number of hydrogen-bond acceptors (Lipinski definition) is 6. The molecule has 0 atom stereocenters. The summed E-state index contributed by atoms with van der Waals surface area (Å²) in [5.41, 5.74) is 2.48. The van der Waals surface area contributed by atoms with Crippen molar-refractivity contribution in [2.75, 3.05) is 37.6 Å². The molecule has 0 unspecified atom stereocenters. The van der Waals surface area contributed by atoms with Gasteiger partial charge in [0.2, 0.25) is 11.8 Å². The van der Waals surface area contributed by atoms with E-state index >= 15 is 0 Å². The second kappa shape index (κ2) is 9.21. The standard InChI is InChI=1S/C18H22N6O.2ClH/c1-2-6-23-7-9-24(10-8-23)18-21-15(17(25)22-18)11-13-12-20-16-14(13)4-3-5-19-16;;/h3-5,11-12,25H,2,6-10H2,1H3,(H,21,22);2*1H/b13-11+;;. The summed E-state index contributed by atoms with van der Waals surface area (Å²) in [6, 6.07) is 3.86. The summed E-state index contributed by atoms with van der Waals surface area (Å²) in [5, 5.41) is 10.2. The van der Waals surface area contributed by atoms with E-state index in [2.05, 4.69) is 36.7 Å². The van der Waals surface area contributed by atoms with Gasteiger partial charge in [-0.3, -0.25) is 4.90 Å². The molecule has 0 amide bonds. The number of fused-ring (bicyclic) bond motifs is 1. The third-order valence-corrected chi connectivity index (χ3v) is 4.63. The first kappa shape index (κ1) is 21.2. The molecule has 1 saturated heterocycles. The second-order valence-corrected chi connectivity index (χ2v) is 6.36. The van der Waals surface area contributed by atoms with Crippen molar-refractivity contribution in [3.05, 3.63) is 29.6 Å². The predicted octanol–water partition coefficient (Wildman–Crippen LogP) is 3.14. The maximum Gasteiger partial charge on any atom is 0.238 e. The van der Waals surface area contributed by atoms with E-state index in [1.165, 1.54) is 6.42 Å². The van der Waals surface area contributed by atoms with Crippen molar-refractivity contribution in [3.63, 3.8) is 0 Å². The van der Waals surface area contributed by atoms with Crippen LogP contribution < -0.4 is 4.90 Å². The topological polar surface area (TPSA) is 80.6 Å². The summed E-state index contributed by atoms with van der Waals surface area (Å²) in [5.74, 6) is 1.45. The van der Waals surface area contributed by atoms with E-state index in [4.69, 9.17) is 0 Å². The number of aromatic nitrogens is 3. The van der Waals surface area contributed by atoms with E-state index in [1.54, 1.807) is 12.4 Å². The van der Waals surface area contributed by atoms with E-state index in [-0.39, 0.29) is 30.7 Å². The molecule has 0 saturated carbocycles. The summed E-state index contributed by atoms with van der Waals surface area (Å²) < 4.78 is 0. The highest BCUT2D eigenvalue weighted by molar-refractivity contribution is 6.20. The lowest BCUT2D eigenvalue weighted by Gasteiger charge is -2.34. The highest BCUT2D eigenvalue weighted by Gasteiger charge is 2.21. The molecule has 2 N–H and O–H groups in total. The fraction of sp³-hybridized carbons (Fsp3) is 0.389. The Morgan fingerprint density at radius 3 is 2.74 bits per heavy atom. The first-order chi connectivity index (χ1) is 12.2. The molecular weight excluding hydrogens is 387 g/mol. The minimum atomic E-state index is 0. The molecule has 0 aliphatic carbocycles. The average molecular weight is 411 g/mol. The lowest BCUT2D eigenvalue weighted by molar-refractivity contribution is 0.257. The molecule has 0 spiro atoms. The Labute approximate surface area is 171 Å². The summed E-state index contributed by atoms with van der Waals surface area (Å²) in [6.45, 7) is 7.22. The smallest absolute Gasteiger partial charge is 0.238 e. The second-order valence-electron chi connectivity index (χ2n) is 6.36. The summed E-state index contributed by atoms with van der Waals surface area (Å²) >= 11 is 0. The number of hydrogen-bond donors (Lipinski definition) is 2. The number of anilines is 1. The third-order valence-electron chi connectivity index (χ3n) is 4.63. The van der Waals surface area contributed by atoms with Gasteiger partial charge in [-0.25, -0.2) is 9.98 Å². The number of aliphatic imine (C=N–C) groups is 1. The first-order valence-corrected chi connectivity index (χ1v) is 8.72. The van der Waals surface area contributed by atoms with Crippen LogP contribution in [0.5, 0.6) is 5.88 Å². The van der Waals surface area contributed by atoms with Crippen molar-refractivity contribution in [3.8, 4) is 5.88 Å². The highest BCUT2D eigenvalue weighted by atomic mass is 35.5. The number of aromatic hydroxyl groups is 1. The van der Waals surface area contributed by atoms with Crippen molar-refractivity contribution >= 4 is 54.4 Å². The third kappa shape index (κ3) is 4.43. The van der Waals surface area contributed by atoms with Gasteiger partial charge < -0.3 is 15.0 Å². The Balaban J connectivity index is 0.00000131. The van der Waals surface area contributed by atoms with Crippen LogP contribution >= 0.6 is 24.8 Å². The zero-order valence-corrected chi connectivity index (χ0v) is 16.8. The molecule has 4 rings (SSSR count). The van der Waals surface area contributed by atoms with Gasteiger partial charge in [-0.15, -0.1) is 24.8 Å². The van der Waals surface area contributed by atoms with E-state index in [1.807, 2.05) is 18.2 Å². The van der Waals surface area contributed by atoms with Crippen LogP contribution in [0.2, 0.25) is 0 Å². The van der Waals surface area contributed by atoms with Crippen molar-refractivity contribution in [1.29, 1.82) is 0 Å². The lowest BCUT2D eigenvalue weighted by Crippen LogP contribution is -2.46. The molecule has 0 bridgehead atoms. The molecule has 7 nitrogen and oxygen atoms in total. The van der Waals surface area contributed by atoms with Gasteiger partial charge in [0.05, 0.1) is 0 Å². The molecule has 0 aromatic carbocycles. The van der Waals surface area contributed by atoms with Gasteiger partial charge >= 0.3 is 0 Å². The average Bonchev–Trinajstić information content (AvgIpc) is 3.21. The van der Waals surface area contributed by atoms with E-state index in [0.29, 0.717) is 11.5 Å². The Kier molecular flexibility index (Phi) is 7.24. The number of rotatable bonds is 4. The van der Waals surface area contributed by atoms with Crippen LogP contribution in [0.15, 0.2) is 23.3 Å². The lowest BCUT2D eigenvalue weighted by atomic mass is 10.1. The molecule has 1 fully saturated rings. The molecule has 4 heterocycles. The first-order valence-electron chi connectivity index (χ1n) is 8.72. The SMILES string of the molecule is CCCN1CCN(c2nc(O)c(/C=C3\C=Nc4ncccc43)[nH]2)CC1.Cl.Cl. The molecule has 2 aromatic heterocycles. The highest BCUT2D eigenvalue weighted by Crippen LogP contribution is 2.32. The monoisotopic (exact) mass is 410 g/mol. The zero-order chi connectivity index (χ0) is 17.2. The van der Waals surface area contributed by atoms with Gasteiger partial charge in [0.25, 0.3) is 0 Å². The van der Waals surface area contributed by atoms with Crippen LogP contribution in [0, 0.1) is 0 Å². The molecule has 9 heteroatoms. The predicted molar refractivity (Wildman–Crippen MR) is 114 cm³/mol. The van der Waals surface area contributed by atoms with Gasteiger partial charge in [0.1, 0.15) is 5.69 Å². The fourth-order valence-electron chi connectivity index (χ4n) is 3.31. The minimum Gasteiger partial charge on any atom is -0.492 e. The van der Waals surface area contributed by atoms with Crippen molar-refractivity contribution in [2.24, 2.45) is 4.99 Å². The number of piperazine rings is 1. The van der Waals surface area contributed by atoms with Crippen molar-refractivity contribution in [2.45, 2.75) is 13.3 Å². The number of aromatic amines is 1. The van der Waals surface area contributed by atoms with Gasteiger partial charge in [-0.2, -0.15) is 4.98 Å². The summed E-state index contributed by atoms with van der Waals surface area (Å²) in [6.07, 6.45) is 6.54. The Morgan fingerprint density at radius 1 is 1.22 bits per heavy atom. The van der Waals surface area contributed by atoms with Gasteiger partial charge in [-0.1, -0.05) is 6.92 Å². The number of allylic oxidation sites excluding steroid dienone is 1. The van der Waals surface area contributed by atoms with Crippen LogP contribution in [0.1, 0.15) is 24.6 Å². The van der Waals surface area contributed by atoms with Gasteiger partial charge in [0.15, 0.2) is 5.82 Å². The number of imidazole rings is 1. The Bertz CT molecular complexity index is 827. The number of nitrogens with zero attached hydrogens (tertiary/aromatic N) is 5. The largest absolute Gasteiger partial charge is 0.492 e. The van der Waals surface area contributed by atoms with E-state index in [9.17, 15) is 5.11 Å². The number of pyridine rings is 1. The minimum absolute atomic E-state index is 0. The van der Waals surface area contributed by atoms with E-state index < -0.39 is 0 Å². The normalized spacial score (nSPS) is 17.5. The fourth-order valence-corrected chi connectivity index (χ4v) is 3.31. The Morgan fingerprint density at radius 2 is 2.00 bits per heavy atom. The van der Waals surface area contributed by atoms with Crippen LogP contribution in [-0.4, -0.2) is 63.9 Å². The number of H-pyrrole nitrogens is 1. The molecule has 2 aromatic rings. The number of nitrogens with one attached hydrogen (secondary N) is 1. The summed E-state index contributed by atoms with van der Waals surface area (Å²) in [4.78, 5) is 20.7. The van der Waals surface area contributed by atoms with Crippen molar-refractivity contribution < 1.29 is 5.11 Å². The number of halogens is 2. The van der Waals surface area contributed by atoms with Gasteiger partial charge in [-0.05, 0) is 31.2 Å². The van der Waals surface area contributed by atoms with Crippen LogP contribution in [0.25, 0.3) is 11.6 Å². The molecule has 2 aliphatic rings. The van der Waals surface area contributed by atoms with Crippen LogP contribution in [0.3, 0.4) is 0 Å². The molecule has 146 valence electrons. The van der Waals surface area contributed by atoms with Crippen LogP contribution in [0.4, 0.5) is 11.8 Å².